The minimum absolute atomic E-state index is 0.0232. The molecule has 1 amide bonds. The Hall–Kier alpha value is -2.14. The normalized spacial score (nSPS) is 15.2. The van der Waals surface area contributed by atoms with Gasteiger partial charge in [0.1, 0.15) is 6.04 Å². The largest absolute Gasteiger partial charge is 0.436 e. The third-order valence-electron chi connectivity index (χ3n) is 5.01. The highest BCUT2D eigenvalue weighted by Gasteiger charge is 2.43. The lowest BCUT2D eigenvalue weighted by atomic mass is 10.2. The fraction of sp³-hybridized carbons (Fsp3) is 0.350. The highest BCUT2D eigenvalue weighted by molar-refractivity contribution is 9.10. The molecule has 6 nitrogen and oxygen atoms in total. The molecular formula is C20H18Br2F3N5O. The predicted molar refractivity (Wildman–Crippen MR) is 116 cm³/mol. The van der Waals surface area contributed by atoms with E-state index in [2.05, 4.69) is 47.4 Å². The molecule has 0 aliphatic heterocycles. The van der Waals surface area contributed by atoms with Crippen LogP contribution in [0.15, 0.2) is 45.6 Å². The van der Waals surface area contributed by atoms with Gasteiger partial charge in [0.05, 0.1) is 27.4 Å². The van der Waals surface area contributed by atoms with Gasteiger partial charge in [-0.05, 0) is 69.3 Å². The van der Waals surface area contributed by atoms with E-state index in [1.165, 1.54) is 4.68 Å². The van der Waals surface area contributed by atoms with Crippen LogP contribution in [0.2, 0.25) is 0 Å². The van der Waals surface area contributed by atoms with Crippen LogP contribution in [0.3, 0.4) is 0 Å². The van der Waals surface area contributed by atoms with Crippen LogP contribution in [-0.4, -0.2) is 25.5 Å². The van der Waals surface area contributed by atoms with Gasteiger partial charge in [-0.2, -0.15) is 23.4 Å². The van der Waals surface area contributed by atoms with Crippen LogP contribution < -0.4 is 5.32 Å². The fourth-order valence-corrected chi connectivity index (χ4v) is 4.48. The van der Waals surface area contributed by atoms with Crippen molar-refractivity contribution in [3.8, 4) is 0 Å². The number of amides is 1. The molecule has 4 rings (SSSR count). The molecule has 0 saturated heterocycles. The molecule has 1 saturated carbocycles. The molecule has 1 aliphatic carbocycles. The van der Waals surface area contributed by atoms with E-state index in [1.54, 1.807) is 29.9 Å². The van der Waals surface area contributed by atoms with Gasteiger partial charge in [-0.1, -0.05) is 12.1 Å². The zero-order valence-electron chi connectivity index (χ0n) is 16.3. The van der Waals surface area contributed by atoms with Crippen molar-refractivity contribution in [3.05, 3.63) is 62.6 Å². The number of carbonyl (C=O) groups is 1. The second-order valence-corrected chi connectivity index (χ2v) is 9.19. The topological polar surface area (TPSA) is 64.7 Å². The lowest BCUT2D eigenvalue weighted by Gasteiger charge is -2.16. The number of hydrogen-bond acceptors (Lipinski definition) is 3. The molecule has 0 bridgehead atoms. The first-order chi connectivity index (χ1) is 14.6. The maximum atomic E-state index is 13.3. The predicted octanol–water partition coefficient (Wildman–Crippen LogP) is 5.75. The van der Waals surface area contributed by atoms with Gasteiger partial charge in [0.2, 0.25) is 5.91 Å². The molecule has 2 heterocycles. The number of benzene rings is 1. The monoisotopic (exact) mass is 559 g/mol. The van der Waals surface area contributed by atoms with E-state index in [0.29, 0.717) is 17.9 Å². The lowest BCUT2D eigenvalue weighted by Crippen LogP contribution is -2.26. The number of rotatable bonds is 6. The van der Waals surface area contributed by atoms with Crippen LogP contribution in [0.4, 0.5) is 18.9 Å². The second-order valence-electron chi connectivity index (χ2n) is 7.49. The number of alkyl halides is 3. The van der Waals surface area contributed by atoms with Crippen molar-refractivity contribution in [2.45, 2.75) is 44.4 Å². The lowest BCUT2D eigenvalue weighted by molar-refractivity contribution is -0.142. The van der Waals surface area contributed by atoms with Crippen molar-refractivity contribution in [2.75, 3.05) is 5.32 Å². The molecule has 0 radical (unpaired) electrons. The van der Waals surface area contributed by atoms with Gasteiger partial charge < -0.3 is 5.32 Å². The first kappa shape index (κ1) is 22.1. The smallest absolute Gasteiger partial charge is 0.324 e. The molecule has 1 fully saturated rings. The Bertz CT molecular complexity index is 1120. The molecular weight excluding hydrogens is 543 g/mol. The van der Waals surface area contributed by atoms with Crippen LogP contribution in [0.25, 0.3) is 0 Å². The third kappa shape index (κ3) is 4.87. The van der Waals surface area contributed by atoms with Crippen molar-refractivity contribution in [1.82, 2.24) is 19.6 Å². The van der Waals surface area contributed by atoms with Gasteiger partial charge in [-0.25, -0.2) is 0 Å². The molecule has 2 aromatic heterocycles. The Labute approximate surface area is 193 Å². The Balaban J connectivity index is 1.54. The maximum absolute atomic E-state index is 13.3. The van der Waals surface area contributed by atoms with Crippen LogP contribution in [0, 0.1) is 0 Å². The van der Waals surface area contributed by atoms with Gasteiger partial charge in [-0.15, -0.1) is 0 Å². The summed E-state index contributed by atoms with van der Waals surface area (Å²) >= 11 is 6.41. The van der Waals surface area contributed by atoms with Gasteiger partial charge in [-0.3, -0.25) is 14.2 Å². The van der Waals surface area contributed by atoms with Gasteiger partial charge >= 0.3 is 6.18 Å². The van der Waals surface area contributed by atoms with Crippen molar-refractivity contribution in [1.29, 1.82) is 0 Å². The van der Waals surface area contributed by atoms with Gasteiger partial charge in [0.25, 0.3) is 0 Å². The van der Waals surface area contributed by atoms with E-state index in [4.69, 9.17) is 0 Å². The summed E-state index contributed by atoms with van der Waals surface area (Å²) < 4.78 is 43.8. The molecule has 3 aromatic rings. The van der Waals surface area contributed by atoms with E-state index in [9.17, 15) is 18.0 Å². The van der Waals surface area contributed by atoms with Crippen molar-refractivity contribution < 1.29 is 18.0 Å². The number of carbonyl (C=O) groups excluding carboxylic acids is 1. The van der Waals surface area contributed by atoms with Crippen LogP contribution in [0.5, 0.6) is 0 Å². The fourth-order valence-electron chi connectivity index (χ4n) is 3.34. The van der Waals surface area contributed by atoms with Crippen molar-refractivity contribution in [2.24, 2.45) is 0 Å². The first-order valence-corrected chi connectivity index (χ1v) is 11.1. The number of nitrogens with zero attached hydrogens (tertiary/aromatic N) is 4. The standard InChI is InChI=1S/C20H18Br2F3N5O/c1-11(30-17(13-5-6-13)16(22)18(28-30)20(23,24)25)19(31)27-15-4-2-3-12(7-15)9-29-10-14(21)8-26-29/h2-4,7-8,10-11,13H,5-6,9H2,1H3,(H,27,31). The molecule has 0 spiro atoms. The van der Waals surface area contributed by atoms with Crippen LogP contribution in [0.1, 0.15) is 48.7 Å². The summed E-state index contributed by atoms with van der Waals surface area (Å²) in [4.78, 5) is 12.9. The summed E-state index contributed by atoms with van der Waals surface area (Å²) in [5.41, 5.74) is 0.895. The first-order valence-electron chi connectivity index (χ1n) is 9.56. The maximum Gasteiger partial charge on any atom is 0.436 e. The molecule has 1 unspecified atom stereocenters. The Morgan fingerprint density at radius 3 is 2.68 bits per heavy atom. The number of anilines is 1. The molecule has 1 N–H and O–H groups in total. The summed E-state index contributed by atoms with van der Waals surface area (Å²) in [6.07, 6.45) is 0.478. The zero-order chi connectivity index (χ0) is 22.3. The summed E-state index contributed by atoms with van der Waals surface area (Å²) in [6.45, 7) is 2.06. The van der Waals surface area contributed by atoms with E-state index in [-0.39, 0.29) is 10.4 Å². The molecule has 164 valence electrons. The average molecular weight is 561 g/mol. The third-order valence-corrected chi connectivity index (χ3v) is 6.20. The van der Waals surface area contributed by atoms with E-state index < -0.39 is 23.8 Å². The number of halogens is 5. The minimum atomic E-state index is -4.60. The molecule has 1 atom stereocenters. The van der Waals surface area contributed by atoms with E-state index in [1.807, 2.05) is 18.3 Å². The van der Waals surface area contributed by atoms with Gasteiger partial charge in [0.15, 0.2) is 5.69 Å². The summed E-state index contributed by atoms with van der Waals surface area (Å²) in [5, 5.41) is 10.7. The molecule has 1 aliphatic rings. The second kappa shape index (κ2) is 8.42. The average Bonchev–Trinajstić information content (AvgIpc) is 3.35. The summed E-state index contributed by atoms with van der Waals surface area (Å²) in [5.74, 6) is -0.463. The minimum Gasteiger partial charge on any atom is -0.324 e. The molecule has 11 heteroatoms. The quantitative estimate of drug-likeness (QED) is 0.417. The number of hydrogen-bond donors (Lipinski definition) is 1. The van der Waals surface area contributed by atoms with E-state index in [0.717, 1.165) is 22.9 Å². The Kier molecular flexibility index (Phi) is 5.99. The number of aromatic nitrogens is 4. The number of nitrogens with one attached hydrogen (secondary N) is 1. The highest BCUT2D eigenvalue weighted by atomic mass is 79.9. The SMILES string of the molecule is CC(C(=O)Nc1cccc(Cn2cc(Br)cn2)c1)n1nc(C(F)(F)F)c(Br)c1C1CC1. The molecule has 1 aromatic carbocycles. The van der Waals surface area contributed by atoms with Gasteiger partial charge in [0, 0.05) is 17.8 Å². The Morgan fingerprint density at radius 1 is 1.32 bits per heavy atom. The van der Waals surface area contributed by atoms with E-state index >= 15 is 0 Å². The van der Waals surface area contributed by atoms with Crippen LogP contribution >= 0.6 is 31.9 Å². The zero-order valence-corrected chi connectivity index (χ0v) is 19.5. The highest BCUT2D eigenvalue weighted by Crippen LogP contribution is 2.47. The van der Waals surface area contributed by atoms with Crippen LogP contribution in [-0.2, 0) is 17.5 Å². The van der Waals surface area contributed by atoms with Crippen molar-refractivity contribution in [3.63, 3.8) is 0 Å². The summed E-state index contributed by atoms with van der Waals surface area (Å²) in [7, 11) is 0. The Morgan fingerprint density at radius 2 is 2.06 bits per heavy atom. The molecule has 31 heavy (non-hydrogen) atoms. The summed E-state index contributed by atoms with van der Waals surface area (Å²) in [6, 6.07) is 6.33. The van der Waals surface area contributed by atoms with Crippen molar-refractivity contribution >= 4 is 43.5 Å².